The molecule has 6 heteroatoms. The minimum atomic E-state index is -0.794. The molecular weight excluding hydrogens is 419 g/mol. The van der Waals surface area contributed by atoms with E-state index in [2.05, 4.69) is 27.9 Å². The molecule has 0 spiro atoms. The average molecular weight is 438 g/mol. The minimum Gasteiger partial charge on any atom is -0.368 e. The fraction of sp³-hybridized carbons (Fsp3) is 0.222. The molecule has 0 aliphatic carbocycles. The molecule has 0 heterocycles. The first-order valence-corrected chi connectivity index (χ1v) is 8.51. The first-order valence-electron chi connectivity index (χ1n) is 7.43. The van der Waals surface area contributed by atoms with Gasteiger partial charge in [0.1, 0.15) is 6.04 Å². The Hall–Kier alpha value is -1.93. The normalized spacial score (nSPS) is 13.1. The van der Waals surface area contributed by atoms with E-state index >= 15 is 0 Å². The average Bonchev–Trinajstić information content (AvgIpc) is 2.56. The van der Waals surface area contributed by atoms with Crippen molar-refractivity contribution in [1.82, 2.24) is 5.32 Å². The Balaban J connectivity index is 2.11. The highest BCUT2D eigenvalue weighted by Crippen LogP contribution is 2.17. The molecule has 0 aromatic heterocycles. The molecule has 2 amide bonds. The van der Waals surface area contributed by atoms with E-state index in [-0.39, 0.29) is 0 Å². The lowest BCUT2D eigenvalue weighted by Gasteiger charge is -2.20. The standard InChI is InChI=1S/C18H19IN2O3/c1-24-16(13-7-3-2-4-8-13)18(23)21-15(17(20)22)11-12-6-5-9-14(19)10-12/h2-10,15-16H,11H2,1H3,(H2,20,22)(H,21,23)/t15-,16-/m1/s1. The molecule has 0 bridgehead atoms. The number of amides is 2. The quantitative estimate of drug-likeness (QED) is 0.651. The first kappa shape index (κ1) is 18.4. The Morgan fingerprint density at radius 3 is 2.46 bits per heavy atom. The summed E-state index contributed by atoms with van der Waals surface area (Å²) in [6.07, 6.45) is -0.452. The van der Waals surface area contributed by atoms with E-state index < -0.39 is 24.0 Å². The maximum absolute atomic E-state index is 12.5. The van der Waals surface area contributed by atoms with Crippen LogP contribution in [0.5, 0.6) is 0 Å². The van der Waals surface area contributed by atoms with Crippen LogP contribution in [0.4, 0.5) is 0 Å². The Labute approximate surface area is 154 Å². The SMILES string of the molecule is CO[C@@H](C(=O)N[C@H](Cc1cccc(I)c1)C(N)=O)c1ccccc1. The van der Waals surface area contributed by atoms with Gasteiger partial charge in [-0.15, -0.1) is 0 Å². The Morgan fingerprint density at radius 1 is 1.17 bits per heavy atom. The van der Waals surface area contributed by atoms with Crippen LogP contribution in [-0.2, 0) is 20.7 Å². The van der Waals surface area contributed by atoms with Crippen LogP contribution in [-0.4, -0.2) is 25.0 Å². The second-order valence-electron chi connectivity index (χ2n) is 5.32. The van der Waals surface area contributed by atoms with Crippen molar-refractivity contribution in [2.24, 2.45) is 5.73 Å². The van der Waals surface area contributed by atoms with Crippen LogP contribution in [0.2, 0.25) is 0 Å². The van der Waals surface area contributed by atoms with E-state index in [1.165, 1.54) is 7.11 Å². The molecule has 0 fully saturated rings. The number of benzene rings is 2. The number of rotatable bonds is 7. The van der Waals surface area contributed by atoms with Crippen LogP contribution in [0.25, 0.3) is 0 Å². The Morgan fingerprint density at radius 2 is 1.88 bits per heavy atom. The molecule has 0 radical (unpaired) electrons. The van der Waals surface area contributed by atoms with Gasteiger partial charge >= 0.3 is 0 Å². The van der Waals surface area contributed by atoms with E-state index in [4.69, 9.17) is 10.5 Å². The van der Waals surface area contributed by atoms with Gasteiger partial charge in [0.2, 0.25) is 5.91 Å². The van der Waals surface area contributed by atoms with Gasteiger partial charge in [0.25, 0.3) is 5.91 Å². The number of carbonyl (C=O) groups is 2. The molecule has 2 rings (SSSR count). The third kappa shape index (κ3) is 5.04. The fourth-order valence-electron chi connectivity index (χ4n) is 2.39. The van der Waals surface area contributed by atoms with Crippen LogP contribution in [0.15, 0.2) is 54.6 Å². The van der Waals surface area contributed by atoms with Crippen molar-refractivity contribution < 1.29 is 14.3 Å². The molecule has 2 aromatic rings. The van der Waals surface area contributed by atoms with Gasteiger partial charge in [-0.25, -0.2) is 0 Å². The highest BCUT2D eigenvalue weighted by Gasteiger charge is 2.25. The van der Waals surface area contributed by atoms with Gasteiger partial charge in [-0.05, 0) is 45.9 Å². The zero-order valence-electron chi connectivity index (χ0n) is 13.2. The van der Waals surface area contributed by atoms with Gasteiger partial charge < -0.3 is 15.8 Å². The predicted molar refractivity (Wildman–Crippen MR) is 100 cm³/mol. The van der Waals surface area contributed by atoms with E-state index in [9.17, 15) is 9.59 Å². The van der Waals surface area contributed by atoms with Crippen molar-refractivity contribution in [3.05, 3.63) is 69.3 Å². The van der Waals surface area contributed by atoms with Crippen molar-refractivity contribution in [2.45, 2.75) is 18.6 Å². The largest absolute Gasteiger partial charge is 0.368 e. The molecule has 2 aromatic carbocycles. The molecule has 0 aliphatic rings. The van der Waals surface area contributed by atoms with Crippen molar-refractivity contribution >= 4 is 34.4 Å². The number of ether oxygens (including phenoxy) is 1. The third-order valence-electron chi connectivity index (χ3n) is 3.56. The summed E-state index contributed by atoms with van der Waals surface area (Å²) in [5.41, 5.74) is 7.10. The molecule has 24 heavy (non-hydrogen) atoms. The lowest BCUT2D eigenvalue weighted by Crippen LogP contribution is -2.47. The zero-order chi connectivity index (χ0) is 17.5. The summed E-state index contributed by atoms with van der Waals surface area (Å²) >= 11 is 2.20. The highest BCUT2D eigenvalue weighted by molar-refractivity contribution is 14.1. The number of hydrogen-bond donors (Lipinski definition) is 2. The molecule has 0 unspecified atom stereocenters. The number of nitrogens with two attached hydrogens (primary N) is 1. The van der Waals surface area contributed by atoms with Crippen LogP contribution in [0.1, 0.15) is 17.2 Å². The topological polar surface area (TPSA) is 81.4 Å². The number of halogens is 1. The van der Waals surface area contributed by atoms with E-state index in [1.807, 2.05) is 42.5 Å². The maximum Gasteiger partial charge on any atom is 0.254 e. The van der Waals surface area contributed by atoms with Crippen molar-refractivity contribution in [3.63, 3.8) is 0 Å². The van der Waals surface area contributed by atoms with Crippen molar-refractivity contribution in [2.75, 3.05) is 7.11 Å². The number of nitrogens with one attached hydrogen (secondary N) is 1. The van der Waals surface area contributed by atoms with Gasteiger partial charge in [-0.2, -0.15) is 0 Å². The number of hydrogen-bond acceptors (Lipinski definition) is 3. The lowest BCUT2D eigenvalue weighted by molar-refractivity contribution is -0.134. The highest BCUT2D eigenvalue weighted by atomic mass is 127. The van der Waals surface area contributed by atoms with Crippen molar-refractivity contribution in [1.29, 1.82) is 0 Å². The molecule has 3 N–H and O–H groups in total. The maximum atomic E-state index is 12.5. The van der Waals surface area contributed by atoms with Crippen LogP contribution >= 0.6 is 22.6 Å². The Kier molecular flexibility index (Phi) is 6.74. The summed E-state index contributed by atoms with van der Waals surface area (Å²) in [6.45, 7) is 0. The minimum absolute atomic E-state index is 0.336. The fourth-order valence-corrected chi connectivity index (χ4v) is 3.00. The first-order chi connectivity index (χ1) is 11.5. The van der Waals surface area contributed by atoms with E-state index in [1.54, 1.807) is 12.1 Å². The summed E-state index contributed by atoms with van der Waals surface area (Å²) in [6, 6.07) is 16.0. The van der Waals surface area contributed by atoms with Crippen LogP contribution in [0, 0.1) is 3.57 Å². The summed E-state index contributed by atoms with van der Waals surface area (Å²) < 4.78 is 6.34. The summed E-state index contributed by atoms with van der Waals surface area (Å²) in [4.78, 5) is 24.2. The van der Waals surface area contributed by atoms with Crippen LogP contribution in [0.3, 0.4) is 0 Å². The number of carbonyl (C=O) groups excluding carboxylic acids is 2. The molecule has 5 nitrogen and oxygen atoms in total. The smallest absolute Gasteiger partial charge is 0.254 e. The van der Waals surface area contributed by atoms with Crippen molar-refractivity contribution in [3.8, 4) is 0 Å². The molecule has 0 saturated heterocycles. The molecule has 0 aliphatic heterocycles. The molecule has 126 valence electrons. The van der Waals surface area contributed by atoms with E-state index in [0.29, 0.717) is 6.42 Å². The van der Waals surface area contributed by atoms with Gasteiger partial charge in [0.05, 0.1) is 0 Å². The third-order valence-corrected chi connectivity index (χ3v) is 4.24. The molecule has 2 atom stereocenters. The zero-order valence-corrected chi connectivity index (χ0v) is 15.4. The van der Waals surface area contributed by atoms with E-state index in [0.717, 1.165) is 14.7 Å². The Bertz CT molecular complexity index is 706. The summed E-state index contributed by atoms with van der Waals surface area (Å²) in [5, 5.41) is 2.69. The van der Waals surface area contributed by atoms with Gasteiger partial charge in [-0.1, -0.05) is 42.5 Å². The lowest BCUT2D eigenvalue weighted by atomic mass is 10.0. The number of primary amides is 1. The second-order valence-corrected chi connectivity index (χ2v) is 6.57. The molecule has 0 saturated carbocycles. The summed E-state index contributed by atoms with van der Waals surface area (Å²) in [5.74, 6) is -0.969. The molecular formula is C18H19IN2O3. The predicted octanol–water partition coefficient (Wildman–Crippen LogP) is 2.19. The summed E-state index contributed by atoms with van der Waals surface area (Å²) in [7, 11) is 1.45. The number of methoxy groups -OCH3 is 1. The monoisotopic (exact) mass is 438 g/mol. The van der Waals surface area contributed by atoms with Gasteiger partial charge in [0.15, 0.2) is 6.10 Å². The van der Waals surface area contributed by atoms with Gasteiger partial charge in [-0.3, -0.25) is 9.59 Å². The van der Waals surface area contributed by atoms with Gasteiger partial charge in [0, 0.05) is 17.1 Å². The second kappa shape index (κ2) is 8.79. The van der Waals surface area contributed by atoms with Crippen LogP contribution < -0.4 is 11.1 Å².